The number of piperazine rings is 1. The number of aromatic nitrogens is 1. The number of hydrogen-bond acceptors (Lipinski definition) is 5. The summed E-state index contributed by atoms with van der Waals surface area (Å²) in [6.45, 7) is 4.24. The largest absolute Gasteiger partial charge is 0.339 e. The fraction of sp³-hybridized carbons (Fsp3) is 0.467. The van der Waals surface area contributed by atoms with Crippen molar-refractivity contribution in [2.45, 2.75) is 6.54 Å². The van der Waals surface area contributed by atoms with Crippen molar-refractivity contribution in [2.75, 3.05) is 39.8 Å². The highest BCUT2D eigenvalue weighted by atomic mass is 32.1. The third-order valence-electron chi connectivity index (χ3n) is 3.67. The van der Waals surface area contributed by atoms with Gasteiger partial charge in [-0.05, 0) is 25.2 Å². The molecule has 0 bridgehead atoms. The van der Waals surface area contributed by atoms with Gasteiger partial charge in [0.15, 0.2) is 0 Å². The lowest BCUT2D eigenvalue weighted by Gasteiger charge is -2.29. The Bertz CT molecular complexity index is 669. The summed E-state index contributed by atoms with van der Waals surface area (Å²) in [4.78, 5) is 20.5. The molecule has 0 spiro atoms. The van der Waals surface area contributed by atoms with Crippen molar-refractivity contribution in [3.63, 3.8) is 0 Å². The van der Waals surface area contributed by atoms with Crippen molar-refractivity contribution < 1.29 is 9.18 Å². The third-order valence-corrected chi connectivity index (χ3v) is 4.68. The highest BCUT2D eigenvalue weighted by molar-refractivity contribution is 7.18. The van der Waals surface area contributed by atoms with Crippen LogP contribution >= 0.6 is 11.3 Å². The van der Waals surface area contributed by atoms with Crippen molar-refractivity contribution in [2.24, 2.45) is 0 Å². The summed E-state index contributed by atoms with van der Waals surface area (Å²) in [7, 11) is 1.91. The molecule has 7 heteroatoms. The van der Waals surface area contributed by atoms with E-state index < -0.39 is 0 Å². The maximum absolute atomic E-state index is 13.2. The van der Waals surface area contributed by atoms with Gasteiger partial charge in [0.05, 0.1) is 23.3 Å². The van der Waals surface area contributed by atoms with E-state index >= 15 is 0 Å². The molecule has 3 rings (SSSR count). The molecule has 0 unspecified atom stereocenters. The lowest BCUT2D eigenvalue weighted by Crippen LogP contribution is -2.49. The van der Waals surface area contributed by atoms with Crippen LogP contribution in [-0.4, -0.2) is 60.5 Å². The van der Waals surface area contributed by atoms with E-state index in [1.807, 2.05) is 16.8 Å². The molecule has 1 aromatic heterocycles. The van der Waals surface area contributed by atoms with Gasteiger partial charge in [-0.3, -0.25) is 9.69 Å². The number of carbonyl (C=O) groups is 1. The predicted octanol–water partition coefficient (Wildman–Crippen LogP) is 1.30. The molecular formula is C15H19FN4OS. The number of halogens is 1. The number of nitrogens with one attached hydrogen (secondary N) is 1. The molecule has 1 aliphatic rings. The van der Waals surface area contributed by atoms with Crippen LogP contribution in [0.5, 0.6) is 0 Å². The molecule has 1 N–H and O–H groups in total. The molecular weight excluding hydrogens is 303 g/mol. The Morgan fingerprint density at radius 1 is 1.45 bits per heavy atom. The Balaban J connectivity index is 1.60. The molecule has 1 amide bonds. The number of carbonyl (C=O) groups excluding carboxylic acids is 1. The average molecular weight is 322 g/mol. The van der Waals surface area contributed by atoms with Gasteiger partial charge >= 0.3 is 0 Å². The number of rotatable bonds is 4. The monoisotopic (exact) mass is 322 g/mol. The van der Waals surface area contributed by atoms with Gasteiger partial charge in [-0.25, -0.2) is 9.37 Å². The van der Waals surface area contributed by atoms with Gasteiger partial charge in [0.1, 0.15) is 10.8 Å². The summed E-state index contributed by atoms with van der Waals surface area (Å²) in [5.74, 6) is -0.0962. The Morgan fingerprint density at radius 3 is 3.00 bits per heavy atom. The Kier molecular flexibility index (Phi) is 4.66. The van der Waals surface area contributed by atoms with Crippen molar-refractivity contribution in [1.29, 1.82) is 0 Å². The van der Waals surface area contributed by atoms with E-state index in [0.717, 1.165) is 41.4 Å². The van der Waals surface area contributed by atoms with E-state index in [1.165, 1.54) is 23.5 Å². The summed E-state index contributed by atoms with van der Waals surface area (Å²) in [6, 6.07) is 4.61. The molecule has 118 valence electrons. The van der Waals surface area contributed by atoms with Gasteiger partial charge in [-0.1, -0.05) is 0 Å². The Morgan fingerprint density at radius 2 is 2.23 bits per heavy atom. The van der Waals surface area contributed by atoms with E-state index in [0.29, 0.717) is 13.1 Å². The van der Waals surface area contributed by atoms with E-state index in [-0.39, 0.29) is 11.7 Å². The maximum atomic E-state index is 13.2. The Labute approximate surface area is 132 Å². The maximum Gasteiger partial charge on any atom is 0.236 e. The van der Waals surface area contributed by atoms with Gasteiger partial charge in [0.2, 0.25) is 5.91 Å². The number of benzene rings is 1. The van der Waals surface area contributed by atoms with E-state index in [1.54, 1.807) is 6.07 Å². The van der Waals surface area contributed by atoms with Crippen LogP contribution in [0.3, 0.4) is 0 Å². The molecule has 0 aliphatic carbocycles. The summed E-state index contributed by atoms with van der Waals surface area (Å²) in [5.41, 5.74) is 0.809. The fourth-order valence-electron chi connectivity index (χ4n) is 2.55. The van der Waals surface area contributed by atoms with Crippen LogP contribution in [0.25, 0.3) is 10.2 Å². The number of nitrogens with zero attached hydrogens (tertiary/aromatic N) is 3. The highest BCUT2D eigenvalue weighted by Gasteiger charge is 2.18. The van der Waals surface area contributed by atoms with E-state index in [4.69, 9.17) is 0 Å². The van der Waals surface area contributed by atoms with E-state index in [9.17, 15) is 9.18 Å². The molecule has 5 nitrogen and oxygen atoms in total. The molecule has 0 saturated carbocycles. The number of likely N-dealkylation sites (N-methyl/N-ethyl adjacent to an activating group) is 1. The summed E-state index contributed by atoms with van der Waals surface area (Å²) >= 11 is 1.47. The van der Waals surface area contributed by atoms with Crippen molar-refractivity contribution in [1.82, 2.24) is 20.1 Å². The van der Waals surface area contributed by atoms with Gasteiger partial charge in [-0.2, -0.15) is 0 Å². The predicted molar refractivity (Wildman–Crippen MR) is 85.4 cm³/mol. The van der Waals surface area contributed by atoms with Crippen LogP contribution in [0.15, 0.2) is 18.2 Å². The first-order chi connectivity index (χ1) is 10.6. The molecule has 1 aliphatic heterocycles. The second-order valence-corrected chi connectivity index (χ2v) is 6.64. The van der Waals surface area contributed by atoms with Crippen LogP contribution in [0.4, 0.5) is 4.39 Å². The molecule has 2 heterocycles. The minimum absolute atomic E-state index is 0.149. The zero-order chi connectivity index (χ0) is 15.5. The molecule has 2 aromatic rings. The van der Waals surface area contributed by atoms with Crippen molar-refractivity contribution in [3.05, 3.63) is 29.0 Å². The molecule has 0 radical (unpaired) electrons. The minimum atomic E-state index is -0.245. The van der Waals surface area contributed by atoms with Crippen molar-refractivity contribution in [3.8, 4) is 0 Å². The smallest absolute Gasteiger partial charge is 0.236 e. The second kappa shape index (κ2) is 6.68. The summed E-state index contributed by atoms with van der Waals surface area (Å²) in [6.07, 6.45) is 0. The second-order valence-electron chi connectivity index (χ2n) is 5.52. The van der Waals surface area contributed by atoms with Crippen LogP contribution in [0.2, 0.25) is 0 Å². The summed E-state index contributed by atoms with van der Waals surface area (Å²) in [5, 5.41) is 4.13. The molecule has 22 heavy (non-hydrogen) atoms. The number of amides is 1. The lowest BCUT2D eigenvalue weighted by atomic mass is 10.3. The molecule has 1 aromatic carbocycles. The quantitative estimate of drug-likeness (QED) is 0.922. The van der Waals surface area contributed by atoms with Gasteiger partial charge in [0.25, 0.3) is 0 Å². The molecule has 0 atom stereocenters. The standard InChI is InChI=1S/C15H19FN4OS/c1-19(10-15(21)20-6-4-17-5-7-20)9-14-18-12-3-2-11(16)8-13(12)22-14/h2-3,8,17H,4-7,9-10H2,1H3. The van der Waals surface area contributed by atoms with Crippen LogP contribution in [0, 0.1) is 5.82 Å². The zero-order valence-corrected chi connectivity index (χ0v) is 13.3. The SMILES string of the molecule is CN(CC(=O)N1CCNCC1)Cc1nc2ccc(F)cc2s1. The van der Waals surface area contributed by atoms with Gasteiger partial charge in [-0.15, -0.1) is 11.3 Å². The third kappa shape index (κ3) is 3.60. The number of hydrogen-bond donors (Lipinski definition) is 1. The first-order valence-corrected chi connectivity index (χ1v) is 8.15. The van der Waals surface area contributed by atoms with Gasteiger partial charge in [0, 0.05) is 26.2 Å². The number of fused-ring (bicyclic) bond motifs is 1. The van der Waals surface area contributed by atoms with Crippen LogP contribution in [0.1, 0.15) is 5.01 Å². The molecule has 1 fully saturated rings. The fourth-order valence-corrected chi connectivity index (χ4v) is 3.62. The average Bonchev–Trinajstić information content (AvgIpc) is 2.89. The normalized spacial score (nSPS) is 15.7. The van der Waals surface area contributed by atoms with Crippen LogP contribution < -0.4 is 5.32 Å². The molecule has 1 saturated heterocycles. The lowest BCUT2D eigenvalue weighted by molar-refractivity contribution is -0.132. The topological polar surface area (TPSA) is 48.5 Å². The highest BCUT2D eigenvalue weighted by Crippen LogP contribution is 2.23. The zero-order valence-electron chi connectivity index (χ0n) is 12.5. The number of thiazole rings is 1. The van der Waals surface area contributed by atoms with Crippen molar-refractivity contribution >= 4 is 27.5 Å². The summed E-state index contributed by atoms with van der Waals surface area (Å²) < 4.78 is 14.0. The van der Waals surface area contributed by atoms with Crippen LogP contribution in [-0.2, 0) is 11.3 Å². The Hall–Kier alpha value is -1.57. The van der Waals surface area contributed by atoms with Gasteiger partial charge < -0.3 is 10.2 Å². The van der Waals surface area contributed by atoms with E-state index in [2.05, 4.69) is 10.3 Å². The first kappa shape index (κ1) is 15.3. The minimum Gasteiger partial charge on any atom is -0.339 e. The first-order valence-electron chi connectivity index (χ1n) is 7.34.